The Morgan fingerprint density at radius 1 is 1.39 bits per heavy atom. The first-order chi connectivity index (χ1) is 11.1. The first kappa shape index (κ1) is 16.0. The van der Waals surface area contributed by atoms with E-state index < -0.39 is 0 Å². The maximum atomic E-state index is 5.36. The van der Waals surface area contributed by atoms with Crippen LogP contribution in [0, 0.1) is 0 Å². The number of methoxy groups -OCH3 is 1. The van der Waals surface area contributed by atoms with Gasteiger partial charge in [0.1, 0.15) is 5.75 Å². The van der Waals surface area contributed by atoms with Crippen LogP contribution in [0.25, 0.3) is 0 Å². The van der Waals surface area contributed by atoms with Gasteiger partial charge in [-0.2, -0.15) is 0 Å². The third-order valence-electron chi connectivity index (χ3n) is 4.66. The van der Waals surface area contributed by atoms with Gasteiger partial charge in [-0.3, -0.25) is 4.90 Å². The number of aryl methyl sites for hydroxylation is 1. The third-order valence-corrected chi connectivity index (χ3v) is 4.66. The zero-order chi connectivity index (χ0) is 16.4. The summed E-state index contributed by atoms with van der Waals surface area (Å²) in [7, 11) is 3.91. The Kier molecular flexibility index (Phi) is 4.66. The fourth-order valence-electron chi connectivity index (χ4n) is 3.35. The summed E-state index contributed by atoms with van der Waals surface area (Å²) in [6.45, 7) is 5.06. The number of aromatic nitrogens is 3. The minimum atomic E-state index is 0.351. The summed E-state index contributed by atoms with van der Waals surface area (Å²) in [6.07, 6.45) is 5.60. The first-order valence-electron chi connectivity index (χ1n) is 8.36. The molecule has 0 aliphatic heterocycles. The van der Waals surface area contributed by atoms with Crippen molar-refractivity contribution in [2.45, 2.75) is 51.7 Å². The minimum Gasteiger partial charge on any atom is -0.497 e. The first-order valence-corrected chi connectivity index (χ1v) is 8.36. The smallest absolute Gasteiger partial charge is 0.119 e. The fraction of sp³-hybridized carbons (Fsp3) is 0.556. The largest absolute Gasteiger partial charge is 0.497 e. The molecule has 5 heteroatoms. The van der Waals surface area contributed by atoms with Crippen molar-refractivity contribution in [2.24, 2.45) is 0 Å². The van der Waals surface area contributed by atoms with Crippen molar-refractivity contribution < 1.29 is 4.74 Å². The Labute approximate surface area is 138 Å². The van der Waals surface area contributed by atoms with E-state index >= 15 is 0 Å². The molecule has 0 amide bonds. The Bertz CT molecular complexity index is 665. The molecular formula is C18H26N4O. The lowest BCUT2D eigenvalue weighted by Crippen LogP contribution is -2.27. The molecule has 1 aromatic heterocycles. The lowest BCUT2D eigenvalue weighted by molar-refractivity contribution is 0.210. The van der Waals surface area contributed by atoms with Crippen molar-refractivity contribution in [3.63, 3.8) is 0 Å². The monoisotopic (exact) mass is 314 g/mol. The van der Waals surface area contributed by atoms with Gasteiger partial charge < -0.3 is 4.74 Å². The number of rotatable bonds is 5. The SMILES string of the molecule is COc1ccc2c(c1)CCCC2N(C)Cc1cn(C(C)C)nn1. The number of ether oxygens (including phenoxy) is 1. The standard InChI is InChI=1S/C18H26N4O/c1-13(2)22-12-15(19-20-22)11-21(3)18-7-5-6-14-10-16(23-4)8-9-17(14)18/h8-10,12-13,18H,5-7,11H2,1-4H3. The highest BCUT2D eigenvalue weighted by atomic mass is 16.5. The molecular weight excluding hydrogens is 288 g/mol. The molecule has 1 aromatic carbocycles. The lowest BCUT2D eigenvalue weighted by atomic mass is 9.86. The molecule has 1 atom stereocenters. The van der Waals surface area contributed by atoms with Crippen LogP contribution in [0.2, 0.25) is 0 Å². The number of hydrogen-bond donors (Lipinski definition) is 0. The Morgan fingerprint density at radius 3 is 2.91 bits per heavy atom. The van der Waals surface area contributed by atoms with Crippen LogP contribution in [0.4, 0.5) is 0 Å². The fourth-order valence-corrected chi connectivity index (χ4v) is 3.35. The lowest BCUT2D eigenvalue weighted by Gasteiger charge is -2.33. The van der Waals surface area contributed by atoms with Crippen molar-refractivity contribution in [2.75, 3.05) is 14.2 Å². The van der Waals surface area contributed by atoms with E-state index in [1.54, 1.807) is 7.11 Å². The Morgan fingerprint density at radius 2 is 2.22 bits per heavy atom. The van der Waals surface area contributed by atoms with Gasteiger partial charge in [-0.1, -0.05) is 11.3 Å². The van der Waals surface area contributed by atoms with Gasteiger partial charge in [-0.05, 0) is 63.4 Å². The Balaban J connectivity index is 1.76. The molecule has 0 saturated carbocycles. The van der Waals surface area contributed by atoms with Crippen molar-refractivity contribution in [1.82, 2.24) is 19.9 Å². The predicted molar refractivity (Wildman–Crippen MR) is 90.5 cm³/mol. The van der Waals surface area contributed by atoms with E-state index in [0.717, 1.165) is 24.4 Å². The van der Waals surface area contributed by atoms with Crippen molar-refractivity contribution >= 4 is 0 Å². The van der Waals surface area contributed by atoms with Crippen molar-refractivity contribution in [3.05, 3.63) is 41.2 Å². The van der Waals surface area contributed by atoms with Crippen molar-refractivity contribution in [1.29, 1.82) is 0 Å². The molecule has 5 nitrogen and oxygen atoms in total. The molecule has 124 valence electrons. The van der Waals surface area contributed by atoms with Crippen LogP contribution in [-0.2, 0) is 13.0 Å². The second-order valence-electron chi connectivity index (χ2n) is 6.67. The maximum absolute atomic E-state index is 5.36. The number of hydrogen-bond acceptors (Lipinski definition) is 4. The highest BCUT2D eigenvalue weighted by Crippen LogP contribution is 2.35. The van der Waals surface area contributed by atoms with Crippen LogP contribution in [0.1, 0.15) is 55.6 Å². The van der Waals surface area contributed by atoms with Crippen molar-refractivity contribution in [3.8, 4) is 5.75 Å². The van der Waals surface area contributed by atoms with Crippen LogP contribution in [0.5, 0.6) is 5.75 Å². The van der Waals surface area contributed by atoms with E-state index in [-0.39, 0.29) is 0 Å². The molecule has 0 fully saturated rings. The van der Waals surface area contributed by atoms with Gasteiger partial charge in [-0.15, -0.1) is 5.10 Å². The summed E-state index contributed by atoms with van der Waals surface area (Å²) in [6, 6.07) is 7.27. The van der Waals surface area contributed by atoms with Gasteiger partial charge in [0.2, 0.25) is 0 Å². The highest BCUT2D eigenvalue weighted by Gasteiger charge is 2.24. The molecule has 0 radical (unpaired) electrons. The normalized spacial score (nSPS) is 17.6. The summed E-state index contributed by atoms with van der Waals surface area (Å²) < 4.78 is 7.28. The third kappa shape index (κ3) is 3.39. The average Bonchev–Trinajstić information content (AvgIpc) is 3.02. The minimum absolute atomic E-state index is 0.351. The second-order valence-corrected chi connectivity index (χ2v) is 6.67. The van der Waals surface area contributed by atoms with Gasteiger partial charge in [0.15, 0.2) is 0 Å². The Hall–Kier alpha value is -1.88. The van der Waals surface area contributed by atoms with E-state index in [4.69, 9.17) is 4.74 Å². The van der Waals surface area contributed by atoms with E-state index in [1.165, 1.54) is 24.0 Å². The quantitative estimate of drug-likeness (QED) is 0.848. The van der Waals surface area contributed by atoms with Gasteiger partial charge in [0.25, 0.3) is 0 Å². The molecule has 0 bridgehead atoms. The molecule has 0 N–H and O–H groups in total. The zero-order valence-corrected chi connectivity index (χ0v) is 14.5. The summed E-state index contributed by atoms with van der Waals surface area (Å²) in [5.41, 5.74) is 3.87. The summed E-state index contributed by atoms with van der Waals surface area (Å²) in [5, 5.41) is 8.51. The molecule has 0 spiro atoms. The summed E-state index contributed by atoms with van der Waals surface area (Å²) in [5.74, 6) is 0.951. The van der Waals surface area contributed by atoms with Crippen LogP contribution in [0.15, 0.2) is 24.4 Å². The van der Waals surface area contributed by atoms with E-state index in [2.05, 4.69) is 60.5 Å². The molecule has 3 rings (SSSR count). The molecule has 2 aromatic rings. The highest BCUT2D eigenvalue weighted by molar-refractivity contribution is 5.39. The molecule has 1 aliphatic carbocycles. The van der Waals surface area contributed by atoms with Crippen LogP contribution in [-0.4, -0.2) is 34.1 Å². The zero-order valence-electron chi connectivity index (χ0n) is 14.5. The molecule has 0 saturated heterocycles. The number of benzene rings is 1. The molecule has 1 aliphatic rings. The van der Waals surface area contributed by atoms with Crippen LogP contribution in [0.3, 0.4) is 0 Å². The summed E-state index contributed by atoms with van der Waals surface area (Å²) >= 11 is 0. The van der Waals surface area contributed by atoms with Gasteiger partial charge >= 0.3 is 0 Å². The van der Waals surface area contributed by atoms with Gasteiger partial charge in [0.05, 0.1) is 19.0 Å². The topological polar surface area (TPSA) is 43.2 Å². The second kappa shape index (κ2) is 6.71. The predicted octanol–water partition coefficient (Wildman–Crippen LogP) is 3.38. The van der Waals surface area contributed by atoms with Crippen LogP contribution >= 0.6 is 0 Å². The molecule has 23 heavy (non-hydrogen) atoms. The molecule has 1 heterocycles. The number of nitrogens with zero attached hydrogens (tertiary/aromatic N) is 4. The maximum Gasteiger partial charge on any atom is 0.119 e. The van der Waals surface area contributed by atoms with E-state index in [0.29, 0.717) is 12.1 Å². The average molecular weight is 314 g/mol. The van der Waals surface area contributed by atoms with Crippen LogP contribution < -0.4 is 4.74 Å². The molecule has 1 unspecified atom stereocenters. The van der Waals surface area contributed by atoms with E-state index in [1.807, 2.05) is 4.68 Å². The van der Waals surface area contributed by atoms with Gasteiger partial charge in [0, 0.05) is 18.6 Å². The van der Waals surface area contributed by atoms with E-state index in [9.17, 15) is 0 Å². The number of fused-ring (bicyclic) bond motifs is 1. The summed E-state index contributed by atoms with van der Waals surface area (Å²) in [4.78, 5) is 2.39. The van der Waals surface area contributed by atoms with Gasteiger partial charge in [-0.25, -0.2) is 4.68 Å².